The summed E-state index contributed by atoms with van der Waals surface area (Å²) in [6, 6.07) is 7.74. The Labute approximate surface area is 97.5 Å². The number of benzene rings is 1. The van der Waals surface area contributed by atoms with E-state index in [0.29, 0.717) is 12.8 Å². The van der Waals surface area contributed by atoms with Gasteiger partial charge in [-0.3, -0.25) is 0 Å². The molecule has 0 spiro atoms. The molecule has 0 aliphatic carbocycles. The molecule has 1 atom stereocenters. The van der Waals surface area contributed by atoms with Gasteiger partial charge in [0.15, 0.2) is 0 Å². The highest BCUT2D eigenvalue weighted by atomic mass is 16.3. The minimum atomic E-state index is -0.991. The van der Waals surface area contributed by atoms with E-state index in [4.69, 9.17) is 12.8 Å². The minimum Gasteiger partial charge on any atom is -0.384 e. The second-order valence-electron chi connectivity index (χ2n) is 3.98. The van der Waals surface area contributed by atoms with Gasteiger partial charge in [0.1, 0.15) is 5.60 Å². The Morgan fingerprint density at radius 1 is 1.19 bits per heavy atom. The van der Waals surface area contributed by atoms with E-state index in [1.165, 1.54) is 0 Å². The number of aliphatic hydroxyl groups is 1. The summed E-state index contributed by atoms with van der Waals surface area (Å²) in [5, 5.41) is 10.5. The maximum Gasteiger partial charge on any atom is 0.101 e. The van der Waals surface area contributed by atoms with Crippen LogP contribution in [0.3, 0.4) is 0 Å². The van der Waals surface area contributed by atoms with Crippen molar-refractivity contribution in [2.45, 2.75) is 31.8 Å². The van der Waals surface area contributed by atoms with Crippen LogP contribution in [0, 0.1) is 31.6 Å². The summed E-state index contributed by atoms with van der Waals surface area (Å²) in [4.78, 5) is 0. The van der Waals surface area contributed by atoms with E-state index in [-0.39, 0.29) is 6.42 Å². The quantitative estimate of drug-likeness (QED) is 0.761. The Morgan fingerprint density at radius 3 is 2.31 bits per heavy atom. The van der Waals surface area contributed by atoms with Gasteiger partial charge in [-0.1, -0.05) is 29.8 Å². The fourth-order valence-corrected chi connectivity index (χ4v) is 1.65. The molecule has 1 heteroatoms. The summed E-state index contributed by atoms with van der Waals surface area (Å²) in [7, 11) is 0. The van der Waals surface area contributed by atoms with Gasteiger partial charge in [-0.2, -0.15) is 0 Å². The van der Waals surface area contributed by atoms with Gasteiger partial charge in [-0.05, 0) is 18.9 Å². The first-order valence-corrected chi connectivity index (χ1v) is 5.29. The van der Waals surface area contributed by atoms with Gasteiger partial charge < -0.3 is 5.11 Å². The lowest BCUT2D eigenvalue weighted by molar-refractivity contribution is 0.0342. The Morgan fingerprint density at radius 2 is 1.81 bits per heavy atom. The van der Waals surface area contributed by atoms with Crippen LogP contribution in [0.2, 0.25) is 0 Å². The Balaban J connectivity index is 2.97. The van der Waals surface area contributed by atoms with Gasteiger partial charge in [-0.15, -0.1) is 24.7 Å². The second-order valence-corrected chi connectivity index (χ2v) is 3.98. The van der Waals surface area contributed by atoms with Crippen molar-refractivity contribution in [3.05, 3.63) is 35.4 Å². The summed E-state index contributed by atoms with van der Waals surface area (Å²) < 4.78 is 0. The van der Waals surface area contributed by atoms with E-state index in [1.807, 2.05) is 31.2 Å². The standard InChI is InChI=1S/C15H16O/c1-4-6-12-15(16,11-5-2)14-9-7-13(3)8-10-14/h1-2,7-10,16H,6,11-12H2,3H3. The highest BCUT2D eigenvalue weighted by Gasteiger charge is 2.27. The Hall–Kier alpha value is -1.70. The molecular formula is C15H16O. The third kappa shape index (κ3) is 2.89. The third-order valence-electron chi connectivity index (χ3n) is 2.67. The van der Waals surface area contributed by atoms with Crippen LogP contribution in [-0.2, 0) is 5.60 Å². The fraction of sp³-hybridized carbons (Fsp3) is 0.333. The number of rotatable bonds is 4. The maximum absolute atomic E-state index is 10.5. The molecular weight excluding hydrogens is 196 g/mol. The Bertz CT molecular complexity index is 416. The second kappa shape index (κ2) is 5.40. The highest BCUT2D eigenvalue weighted by Crippen LogP contribution is 2.29. The number of hydrogen-bond donors (Lipinski definition) is 1. The molecule has 1 aromatic rings. The minimum absolute atomic E-state index is 0.289. The highest BCUT2D eigenvalue weighted by molar-refractivity contribution is 5.28. The summed E-state index contributed by atoms with van der Waals surface area (Å²) in [5.41, 5.74) is 1.00. The molecule has 0 radical (unpaired) electrons. The lowest BCUT2D eigenvalue weighted by Gasteiger charge is -2.26. The van der Waals surface area contributed by atoms with E-state index in [1.54, 1.807) is 0 Å². The van der Waals surface area contributed by atoms with Crippen LogP contribution in [0.25, 0.3) is 0 Å². The first-order chi connectivity index (χ1) is 7.62. The Kier molecular flexibility index (Phi) is 4.18. The number of hydrogen-bond acceptors (Lipinski definition) is 1. The molecule has 0 fully saturated rings. The molecule has 1 aromatic carbocycles. The predicted octanol–water partition coefficient (Wildman–Crippen LogP) is 2.62. The van der Waals surface area contributed by atoms with Crippen LogP contribution in [0.15, 0.2) is 24.3 Å². The summed E-state index contributed by atoms with van der Waals surface area (Å²) in [6.07, 6.45) is 11.8. The van der Waals surface area contributed by atoms with E-state index in [9.17, 15) is 5.11 Å². The van der Waals surface area contributed by atoms with E-state index < -0.39 is 5.60 Å². The van der Waals surface area contributed by atoms with Gasteiger partial charge in [0, 0.05) is 12.8 Å². The molecule has 1 N–H and O–H groups in total. The summed E-state index contributed by atoms with van der Waals surface area (Å²) in [5.74, 6) is 5.05. The van der Waals surface area contributed by atoms with Crippen LogP contribution in [-0.4, -0.2) is 5.11 Å². The molecule has 0 bridgehead atoms. The van der Waals surface area contributed by atoms with Crippen LogP contribution < -0.4 is 0 Å². The molecule has 1 unspecified atom stereocenters. The van der Waals surface area contributed by atoms with Gasteiger partial charge >= 0.3 is 0 Å². The monoisotopic (exact) mass is 212 g/mol. The lowest BCUT2D eigenvalue weighted by Crippen LogP contribution is -2.24. The molecule has 0 amide bonds. The average Bonchev–Trinajstić information content (AvgIpc) is 2.27. The molecule has 0 aliphatic rings. The molecule has 0 heterocycles. The van der Waals surface area contributed by atoms with Gasteiger partial charge in [-0.25, -0.2) is 0 Å². The zero-order valence-electron chi connectivity index (χ0n) is 9.53. The van der Waals surface area contributed by atoms with Crippen molar-refractivity contribution in [1.29, 1.82) is 0 Å². The van der Waals surface area contributed by atoms with Crippen molar-refractivity contribution in [1.82, 2.24) is 0 Å². The van der Waals surface area contributed by atoms with Crippen molar-refractivity contribution in [3.8, 4) is 24.7 Å². The molecule has 0 saturated heterocycles. The molecule has 16 heavy (non-hydrogen) atoms. The predicted molar refractivity (Wildman–Crippen MR) is 66.6 cm³/mol. The summed E-state index contributed by atoms with van der Waals surface area (Å²) in [6.45, 7) is 2.01. The van der Waals surface area contributed by atoms with Crippen molar-refractivity contribution in [2.24, 2.45) is 0 Å². The molecule has 0 saturated carbocycles. The largest absolute Gasteiger partial charge is 0.384 e. The first kappa shape index (κ1) is 12.4. The third-order valence-corrected chi connectivity index (χ3v) is 2.67. The SMILES string of the molecule is C#CCCC(O)(CC#C)c1ccc(C)cc1. The van der Waals surface area contributed by atoms with E-state index >= 15 is 0 Å². The maximum atomic E-state index is 10.5. The van der Waals surface area contributed by atoms with Crippen molar-refractivity contribution in [2.75, 3.05) is 0 Å². The van der Waals surface area contributed by atoms with Crippen LogP contribution >= 0.6 is 0 Å². The zero-order chi connectivity index (χ0) is 12.0. The molecule has 1 rings (SSSR count). The smallest absolute Gasteiger partial charge is 0.101 e. The van der Waals surface area contributed by atoms with Crippen molar-refractivity contribution < 1.29 is 5.11 Å². The van der Waals surface area contributed by atoms with Crippen molar-refractivity contribution in [3.63, 3.8) is 0 Å². The molecule has 0 aromatic heterocycles. The topological polar surface area (TPSA) is 20.2 Å². The van der Waals surface area contributed by atoms with Gasteiger partial charge in [0.2, 0.25) is 0 Å². The normalized spacial score (nSPS) is 13.5. The van der Waals surface area contributed by atoms with Crippen LogP contribution in [0.1, 0.15) is 30.4 Å². The van der Waals surface area contributed by atoms with Crippen molar-refractivity contribution >= 4 is 0 Å². The molecule has 82 valence electrons. The molecule has 0 aliphatic heterocycles. The summed E-state index contributed by atoms with van der Waals surface area (Å²) >= 11 is 0. The number of terminal acetylenes is 2. The van der Waals surface area contributed by atoms with Gasteiger partial charge in [0.25, 0.3) is 0 Å². The number of aryl methyl sites for hydroxylation is 1. The zero-order valence-corrected chi connectivity index (χ0v) is 9.53. The first-order valence-electron chi connectivity index (χ1n) is 5.29. The fourth-order valence-electron chi connectivity index (χ4n) is 1.65. The van der Waals surface area contributed by atoms with E-state index in [2.05, 4.69) is 11.8 Å². The van der Waals surface area contributed by atoms with Crippen LogP contribution in [0.4, 0.5) is 0 Å². The average molecular weight is 212 g/mol. The van der Waals surface area contributed by atoms with E-state index in [0.717, 1.165) is 11.1 Å². The lowest BCUT2D eigenvalue weighted by atomic mass is 9.86. The van der Waals surface area contributed by atoms with Crippen LogP contribution in [0.5, 0.6) is 0 Å². The molecule has 1 nitrogen and oxygen atoms in total. The van der Waals surface area contributed by atoms with Gasteiger partial charge in [0.05, 0.1) is 0 Å².